The standard InChI is InChI=1S/C14H16N2O/c1-2-9-6-11-8-12-10(4-3-5-15-12)7-13(11)16-14(9)17/h6-8,15H,2-5H2,1H3,(H,16,17). The van der Waals surface area contributed by atoms with E-state index in [2.05, 4.69) is 22.4 Å². The highest BCUT2D eigenvalue weighted by molar-refractivity contribution is 5.84. The van der Waals surface area contributed by atoms with Gasteiger partial charge in [0.25, 0.3) is 5.56 Å². The summed E-state index contributed by atoms with van der Waals surface area (Å²) in [5.74, 6) is 0. The van der Waals surface area contributed by atoms with Crippen molar-refractivity contribution in [2.45, 2.75) is 26.2 Å². The molecule has 0 saturated heterocycles. The number of nitrogens with one attached hydrogen (secondary N) is 2. The summed E-state index contributed by atoms with van der Waals surface area (Å²) in [6, 6.07) is 6.27. The molecule has 0 unspecified atom stereocenters. The first-order chi connectivity index (χ1) is 8.28. The molecular formula is C14H16N2O. The molecule has 0 amide bonds. The summed E-state index contributed by atoms with van der Waals surface area (Å²) in [4.78, 5) is 14.7. The van der Waals surface area contributed by atoms with Crippen LogP contribution < -0.4 is 10.9 Å². The highest BCUT2D eigenvalue weighted by Crippen LogP contribution is 2.26. The third-order valence-corrected chi connectivity index (χ3v) is 3.46. The minimum absolute atomic E-state index is 0.0451. The lowest BCUT2D eigenvalue weighted by Crippen LogP contribution is -2.14. The van der Waals surface area contributed by atoms with Crippen LogP contribution in [0, 0.1) is 0 Å². The molecule has 2 N–H and O–H groups in total. The summed E-state index contributed by atoms with van der Waals surface area (Å²) in [5, 5.41) is 4.53. The van der Waals surface area contributed by atoms with Crippen molar-refractivity contribution in [1.29, 1.82) is 0 Å². The molecule has 0 spiro atoms. The molecular weight excluding hydrogens is 212 g/mol. The van der Waals surface area contributed by atoms with Gasteiger partial charge in [0.2, 0.25) is 0 Å². The Morgan fingerprint density at radius 3 is 3.00 bits per heavy atom. The molecule has 88 valence electrons. The van der Waals surface area contributed by atoms with Crippen molar-refractivity contribution in [3.05, 3.63) is 39.7 Å². The Hall–Kier alpha value is -1.77. The number of rotatable bonds is 1. The summed E-state index contributed by atoms with van der Waals surface area (Å²) in [6.07, 6.45) is 3.03. The van der Waals surface area contributed by atoms with E-state index in [0.717, 1.165) is 42.3 Å². The van der Waals surface area contributed by atoms with Gasteiger partial charge in [-0.25, -0.2) is 0 Å². The monoisotopic (exact) mass is 228 g/mol. The Labute approximate surface area is 99.9 Å². The van der Waals surface area contributed by atoms with Gasteiger partial charge in [0.15, 0.2) is 0 Å². The molecule has 0 fully saturated rings. The van der Waals surface area contributed by atoms with Crippen LogP contribution in [-0.4, -0.2) is 11.5 Å². The summed E-state index contributed by atoms with van der Waals surface area (Å²) in [7, 11) is 0. The van der Waals surface area contributed by atoms with Crippen molar-refractivity contribution in [2.24, 2.45) is 0 Å². The Morgan fingerprint density at radius 1 is 1.29 bits per heavy atom. The fourth-order valence-corrected chi connectivity index (χ4v) is 2.48. The van der Waals surface area contributed by atoms with Crippen LogP contribution in [0.25, 0.3) is 10.9 Å². The maximum Gasteiger partial charge on any atom is 0.251 e. The van der Waals surface area contributed by atoms with Crippen molar-refractivity contribution in [3.63, 3.8) is 0 Å². The van der Waals surface area contributed by atoms with E-state index in [1.807, 2.05) is 13.0 Å². The highest BCUT2D eigenvalue weighted by atomic mass is 16.1. The molecule has 1 aliphatic rings. The molecule has 1 aliphatic heterocycles. The topological polar surface area (TPSA) is 44.9 Å². The molecule has 3 nitrogen and oxygen atoms in total. The summed E-state index contributed by atoms with van der Waals surface area (Å²) < 4.78 is 0. The highest BCUT2D eigenvalue weighted by Gasteiger charge is 2.10. The van der Waals surface area contributed by atoms with Crippen LogP contribution in [0.3, 0.4) is 0 Å². The van der Waals surface area contributed by atoms with Gasteiger partial charge < -0.3 is 10.3 Å². The molecule has 0 radical (unpaired) electrons. The smallest absolute Gasteiger partial charge is 0.251 e. The molecule has 2 heterocycles. The molecule has 17 heavy (non-hydrogen) atoms. The lowest BCUT2D eigenvalue weighted by atomic mass is 10.0. The van der Waals surface area contributed by atoms with Crippen LogP contribution >= 0.6 is 0 Å². The van der Waals surface area contributed by atoms with Crippen molar-refractivity contribution in [2.75, 3.05) is 11.9 Å². The predicted molar refractivity (Wildman–Crippen MR) is 70.8 cm³/mol. The van der Waals surface area contributed by atoms with Gasteiger partial charge >= 0.3 is 0 Å². The molecule has 2 aromatic rings. The molecule has 3 heteroatoms. The van der Waals surface area contributed by atoms with Gasteiger partial charge in [-0.2, -0.15) is 0 Å². The Morgan fingerprint density at radius 2 is 2.18 bits per heavy atom. The number of aryl methyl sites for hydroxylation is 2. The Bertz CT molecular complexity index is 628. The number of aromatic amines is 1. The molecule has 0 bridgehead atoms. The van der Waals surface area contributed by atoms with E-state index >= 15 is 0 Å². The van der Waals surface area contributed by atoms with E-state index in [9.17, 15) is 4.79 Å². The van der Waals surface area contributed by atoms with E-state index in [1.54, 1.807) is 0 Å². The lowest BCUT2D eigenvalue weighted by molar-refractivity contribution is 0.831. The first-order valence-electron chi connectivity index (χ1n) is 6.20. The normalized spacial score (nSPS) is 14.4. The van der Waals surface area contributed by atoms with E-state index in [4.69, 9.17) is 0 Å². The van der Waals surface area contributed by atoms with Gasteiger partial charge in [-0.05, 0) is 43.0 Å². The quantitative estimate of drug-likeness (QED) is 0.787. The summed E-state index contributed by atoms with van der Waals surface area (Å²) in [5.41, 5.74) is 4.38. The fourth-order valence-electron chi connectivity index (χ4n) is 2.48. The van der Waals surface area contributed by atoms with Gasteiger partial charge in [-0.3, -0.25) is 4.79 Å². The third-order valence-electron chi connectivity index (χ3n) is 3.46. The van der Waals surface area contributed by atoms with Gasteiger partial charge in [-0.15, -0.1) is 0 Å². The molecule has 0 aliphatic carbocycles. The minimum Gasteiger partial charge on any atom is -0.385 e. The van der Waals surface area contributed by atoms with Crippen molar-refractivity contribution < 1.29 is 0 Å². The van der Waals surface area contributed by atoms with Gasteiger partial charge in [0.1, 0.15) is 0 Å². The second-order valence-electron chi connectivity index (χ2n) is 4.60. The first-order valence-corrected chi connectivity index (χ1v) is 6.20. The third kappa shape index (κ3) is 1.71. The Kier molecular flexibility index (Phi) is 2.39. The van der Waals surface area contributed by atoms with Crippen LogP contribution in [0.2, 0.25) is 0 Å². The molecule has 1 aromatic carbocycles. The predicted octanol–water partition coefficient (Wildman–Crippen LogP) is 2.45. The fraction of sp³-hybridized carbons (Fsp3) is 0.357. The average Bonchev–Trinajstić information content (AvgIpc) is 2.35. The van der Waals surface area contributed by atoms with Gasteiger partial charge in [-0.1, -0.05) is 6.92 Å². The molecule has 1 aromatic heterocycles. The first kappa shape index (κ1) is 10.4. The zero-order valence-corrected chi connectivity index (χ0v) is 9.97. The molecule has 3 rings (SSSR count). The zero-order chi connectivity index (χ0) is 11.8. The van der Waals surface area contributed by atoms with Crippen molar-refractivity contribution >= 4 is 16.6 Å². The minimum atomic E-state index is 0.0451. The SMILES string of the molecule is CCc1cc2cc3c(cc2[nH]c1=O)CCCN3. The van der Waals surface area contributed by atoms with Crippen LogP contribution in [0.5, 0.6) is 0 Å². The maximum absolute atomic E-state index is 11.8. The number of pyridine rings is 1. The largest absolute Gasteiger partial charge is 0.385 e. The average molecular weight is 228 g/mol. The Balaban J connectivity index is 2.26. The van der Waals surface area contributed by atoms with Gasteiger partial charge in [0.05, 0.1) is 0 Å². The maximum atomic E-state index is 11.8. The summed E-state index contributed by atoms with van der Waals surface area (Å²) >= 11 is 0. The number of hydrogen-bond acceptors (Lipinski definition) is 2. The molecule has 0 atom stereocenters. The number of anilines is 1. The number of hydrogen-bond donors (Lipinski definition) is 2. The van der Waals surface area contributed by atoms with Crippen LogP contribution in [0.1, 0.15) is 24.5 Å². The number of aromatic nitrogens is 1. The van der Waals surface area contributed by atoms with Crippen molar-refractivity contribution in [3.8, 4) is 0 Å². The lowest BCUT2D eigenvalue weighted by Gasteiger charge is -2.18. The van der Waals surface area contributed by atoms with E-state index < -0.39 is 0 Å². The number of fused-ring (bicyclic) bond motifs is 2. The number of H-pyrrole nitrogens is 1. The number of benzene rings is 1. The van der Waals surface area contributed by atoms with Crippen LogP contribution in [0.15, 0.2) is 23.0 Å². The summed E-state index contributed by atoms with van der Waals surface area (Å²) in [6.45, 7) is 3.05. The van der Waals surface area contributed by atoms with E-state index in [1.165, 1.54) is 11.3 Å². The zero-order valence-electron chi connectivity index (χ0n) is 9.97. The molecule has 0 saturated carbocycles. The second kappa shape index (κ2) is 3.91. The van der Waals surface area contributed by atoms with E-state index in [-0.39, 0.29) is 5.56 Å². The van der Waals surface area contributed by atoms with Gasteiger partial charge in [0, 0.05) is 28.7 Å². The van der Waals surface area contributed by atoms with E-state index in [0.29, 0.717) is 0 Å². The second-order valence-corrected chi connectivity index (χ2v) is 4.60. The van der Waals surface area contributed by atoms with Crippen LogP contribution in [0.4, 0.5) is 5.69 Å². The van der Waals surface area contributed by atoms with Crippen molar-refractivity contribution in [1.82, 2.24) is 4.98 Å². The van der Waals surface area contributed by atoms with Crippen LogP contribution in [-0.2, 0) is 12.8 Å².